The minimum absolute atomic E-state index is 0.231. The largest absolute Gasteiger partial charge is 0.394 e. The van der Waals surface area contributed by atoms with Crippen molar-refractivity contribution in [3.05, 3.63) is 22.7 Å². The van der Waals surface area contributed by atoms with Crippen LogP contribution in [-0.2, 0) is 9.47 Å². The fourth-order valence-corrected chi connectivity index (χ4v) is 2.61. The van der Waals surface area contributed by atoms with E-state index in [0.29, 0.717) is 13.2 Å². The van der Waals surface area contributed by atoms with Crippen LogP contribution in [0.3, 0.4) is 0 Å². The molecule has 2 saturated heterocycles. The number of aliphatic hydroxyl groups is 3. The molecule has 4 atom stereocenters. The lowest BCUT2D eigenvalue weighted by atomic mass is 10.1. The third-order valence-corrected chi connectivity index (χ3v) is 4.01. The van der Waals surface area contributed by atoms with E-state index in [1.807, 2.05) is 4.90 Å². The average molecular weight is 340 g/mol. The summed E-state index contributed by atoms with van der Waals surface area (Å²) >= 11 is 0. The highest BCUT2D eigenvalue weighted by Crippen LogP contribution is 2.28. The first-order valence-electron chi connectivity index (χ1n) is 7.68. The lowest BCUT2D eigenvalue weighted by molar-refractivity contribution is -0.0549. The van der Waals surface area contributed by atoms with Gasteiger partial charge in [-0.1, -0.05) is 0 Å². The van der Waals surface area contributed by atoms with Gasteiger partial charge >= 0.3 is 5.69 Å². The van der Waals surface area contributed by atoms with Crippen LogP contribution >= 0.6 is 0 Å². The number of aliphatic hydroxyl groups excluding tert-OH is 3. The van der Waals surface area contributed by atoms with E-state index in [1.165, 1.54) is 12.3 Å². The Hall–Kier alpha value is -1.85. The predicted octanol–water partition coefficient (Wildman–Crippen LogP) is -2.15. The molecule has 2 aliphatic rings. The minimum atomic E-state index is -1.33. The normalized spacial score (nSPS) is 31.0. The van der Waals surface area contributed by atoms with Crippen LogP contribution in [0.1, 0.15) is 6.23 Å². The standard InChI is InChI=1S/C14H20N4O6/c19-7-9-11(20)12(21)13(24-9)18-2-1-10(16-14(18)22)15-8-17-3-5-23-6-4-17/h1-2,8-9,11-13,19-21H,3-7H2. The van der Waals surface area contributed by atoms with E-state index in [4.69, 9.17) is 14.6 Å². The van der Waals surface area contributed by atoms with Crippen molar-refractivity contribution in [1.29, 1.82) is 0 Å². The lowest BCUT2D eigenvalue weighted by Crippen LogP contribution is -2.36. The van der Waals surface area contributed by atoms with Gasteiger partial charge in [0.05, 0.1) is 26.2 Å². The second-order valence-electron chi connectivity index (χ2n) is 5.60. The average Bonchev–Trinajstić information content (AvgIpc) is 2.89. The minimum Gasteiger partial charge on any atom is -0.394 e. The molecule has 0 saturated carbocycles. The molecule has 0 aromatic carbocycles. The monoisotopic (exact) mass is 340 g/mol. The first-order valence-corrected chi connectivity index (χ1v) is 7.68. The summed E-state index contributed by atoms with van der Waals surface area (Å²) in [4.78, 5) is 22.1. The Kier molecular flexibility index (Phi) is 5.21. The summed E-state index contributed by atoms with van der Waals surface area (Å²) in [5.74, 6) is 0.231. The van der Waals surface area contributed by atoms with Gasteiger partial charge in [-0.05, 0) is 6.07 Å². The van der Waals surface area contributed by atoms with Gasteiger partial charge in [0.1, 0.15) is 18.3 Å². The van der Waals surface area contributed by atoms with Crippen molar-refractivity contribution < 1.29 is 24.8 Å². The molecule has 1 aromatic rings. The number of ether oxygens (including phenoxy) is 2. The molecule has 1 aromatic heterocycles. The van der Waals surface area contributed by atoms with Crippen molar-refractivity contribution in [3.8, 4) is 0 Å². The molecular formula is C14H20N4O6. The highest BCUT2D eigenvalue weighted by molar-refractivity contribution is 5.59. The van der Waals surface area contributed by atoms with Gasteiger partial charge in [-0.15, -0.1) is 0 Å². The Morgan fingerprint density at radius 3 is 2.71 bits per heavy atom. The van der Waals surface area contributed by atoms with E-state index < -0.39 is 36.8 Å². The zero-order chi connectivity index (χ0) is 17.1. The maximum absolute atomic E-state index is 12.1. The zero-order valence-corrected chi connectivity index (χ0v) is 12.9. The molecule has 4 unspecified atom stereocenters. The van der Waals surface area contributed by atoms with Gasteiger partial charge in [0.15, 0.2) is 12.0 Å². The molecule has 0 bridgehead atoms. The smallest absolute Gasteiger partial charge is 0.351 e. The Bertz CT molecular complexity index is 644. The van der Waals surface area contributed by atoms with Crippen LogP contribution < -0.4 is 5.69 Å². The number of nitrogens with zero attached hydrogens (tertiary/aromatic N) is 4. The Morgan fingerprint density at radius 2 is 2.08 bits per heavy atom. The van der Waals surface area contributed by atoms with Crippen LogP contribution in [0.2, 0.25) is 0 Å². The molecule has 2 aliphatic heterocycles. The third-order valence-electron chi connectivity index (χ3n) is 4.01. The summed E-state index contributed by atoms with van der Waals surface area (Å²) in [6, 6.07) is 1.51. The lowest BCUT2D eigenvalue weighted by Gasteiger charge is -2.24. The molecule has 10 nitrogen and oxygen atoms in total. The molecule has 0 radical (unpaired) electrons. The van der Waals surface area contributed by atoms with Crippen LogP contribution in [0, 0.1) is 0 Å². The molecule has 0 aliphatic carbocycles. The summed E-state index contributed by atoms with van der Waals surface area (Å²) in [7, 11) is 0. The van der Waals surface area contributed by atoms with Gasteiger partial charge in [-0.2, -0.15) is 4.98 Å². The second-order valence-corrected chi connectivity index (χ2v) is 5.60. The fraction of sp³-hybridized carbons (Fsp3) is 0.643. The highest BCUT2D eigenvalue weighted by atomic mass is 16.6. The van der Waals surface area contributed by atoms with E-state index in [9.17, 15) is 15.0 Å². The zero-order valence-electron chi connectivity index (χ0n) is 12.9. The molecule has 2 fully saturated rings. The maximum Gasteiger partial charge on any atom is 0.351 e. The summed E-state index contributed by atoms with van der Waals surface area (Å²) in [6.07, 6.45) is -1.65. The number of hydrogen-bond acceptors (Lipinski definition) is 8. The molecule has 0 amide bonds. The molecule has 24 heavy (non-hydrogen) atoms. The Balaban J connectivity index is 1.73. The SMILES string of the molecule is O=c1nc(N=CN2CCOCC2)ccn1C1OC(CO)C(O)C1O. The van der Waals surface area contributed by atoms with Crippen molar-refractivity contribution in [1.82, 2.24) is 14.5 Å². The summed E-state index contributed by atoms with van der Waals surface area (Å²) in [5.41, 5.74) is -0.665. The van der Waals surface area contributed by atoms with Crippen molar-refractivity contribution in [2.45, 2.75) is 24.5 Å². The fourth-order valence-electron chi connectivity index (χ4n) is 2.61. The van der Waals surface area contributed by atoms with Crippen LogP contribution in [0.4, 0.5) is 5.82 Å². The van der Waals surface area contributed by atoms with Crippen LogP contribution in [0.5, 0.6) is 0 Å². The van der Waals surface area contributed by atoms with Crippen LogP contribution in [0.15, 0.2) is 22.1 Å². The van der Waals surface area contributed by atoms with E-state index in [2.05, 4.69) is 9.98 Å². The molecule has 132 valence electrons. The van der Waals surface area contributed by atoms with Gasteiger partial charge in [0.2, 0.25) is 0 Å². The second kappa shape index (κ2) is 7.36. The Labute approximate surface area is 137 Å². The topological polar surface area (TPSA) is 130 Å². The van der Waals surface area contributed by atoms with E-state index in [1.54, 1.807) is 6.34 Å². The molecule has 10 heteroatoms. The van der Waals surface area contributed by atoms with Gasteiger partial charge < -0.3 is 29.7 Å². The summed E-state index contributed by atoms with van der Waals surface area (Å²) in [6.45, 7) is 2.25. The van der Waals surface area contributed by atoms with Crippen LogP contribution in [0.25, 0.3) is 0 Å². The number of morpholine rings is 1. The molecule has 3 N–H and O–H groups in total. The molecule has 3 rings (SSSR count). The predicted molar refractivity (Wildman–Crippen MR) is 82.1 cm³/mol. The Morgan fingerprint density at radius 1 is 1.33 bits per heavy atom. The molecular weight excluding hydrogens is 320 g/mol. The van der Waals surface area contributed by atoms with E-state index in [-0.39, 0.29) is 5.82 Å². The number of hydrogen-bond donors (Lipinski definition) is 3. The quantitative estimate of drug-likeness (QED) is 0.418. The maximum atomic E-state index is 12.1. The van der Waals surface area contributed by atoms with Crippen molar-refractivity contribution >= 4 is 12.2 Å². The van der Waals surface area contributed by atoms with Crippen molar-refractivity contribution in [2.24, 2.45) is 4.99 Å². The van der Waals surface area contributed by atoms with Crippen LogP contribution in [-0.4, -0.2) is 87.3 Å². The molecule has 3 heterocycles. The highest BCUT2D eigenvalue weighted by Gasteiger charge is 2.43. The third kappa shape index (κ3) is 3.47. The summed E-state index contributed by atoms with van der Waals surface area (Å²) in [5, 5.41) is 28.8. The number of rotatable bonds is 4. The first kappa shape index (κ1) is 17.0. The molecule has 0 spiro atoms. The summed E-state index contributed by atoms with van der Waals surface area (Å²) < 4.78 is 11.6. The van der Waals surface area contributed by atoms with Gasteiger partial charge in [0.25, 0.3) is 0 Å². The van der Waals surface area contributed by atoms with Crippen molar-refractivity contribution in [2.75, 3.05) is 32.9 Å². The first-order chi connectivity index (χ1) is 11.6. The van der Waals surface area contributed by atoms with E-state index in [0.717, 1.165) is 17.7 Å². The van der Waals surface area contributed by atoms with Crippen molar-refractivity contribution in [3.63, 3.8) is 0 Å². The van der Waals surface area contributed by atoms with Gasteiger partial charge in [0, 0.05) is 19.3 Å². The number of aromatic nitrogens is 2. The van der Waals surface area contributed by atoms with Gasteiger partial charge in [-0.25, -0.2) is 9.79 Å². The van der Waals surface area contributed by atoms with E-state index >= 15 is 0 Å². The van der Waals surface area contributed by atoms with Gasteiger partial charge in [-0.3, -0.25) is 4.57 Å². The number of aliphatic imine (C=N–C) groups is 1.